The van der Waals surface area contributed by atoms with Crippen LogP contribution in [0, 0.1) is 5.92 Å². The molecule has 25 heavy (non-hydrogen) atoms. The Morgan fingerprint density at radius 3 is 2.68 bits per heavy atom. The molecule has 0 amide bonds. The number of hydrogen-bond acceptors (Lipinski definition) is 6. The van der Waals surface area contributed by atoms with E-state index in [-0.39, 0.29) is 28.8 Å². The summed E-state index contributed by atoms with van der Waals surface area (Å²) in [5, 5.41) is 19.1. The fourth-order valence-corrected chi connectivity index (χ4v) is 4.03. The van der Waals surface area contributed by atoms with Gasteiger partial charge in [-0.15, -0.1) is 0 Å². The third-order valence-electron chi connectivity index (χ3n) is 4.05. The van der Waals surface area contributed by atoms with Crippen LogP contribution in [0.5, 0.6) is 0 Å². The van der Waals surface area contributed by atoms with E-state index in [1.54, 1.807) is 29.2 Å². The average molecular weight is 386 g/mol. The first kappa shape index (κ1) is 17.7. The number of rotatable bonds is 5. The summed E-state index contributed by atoms with van der Waals surface area (Å²) in [6.07, 6.45) is 0.582. The maximum Gasteiger partial charge on any atom is 0.343 e. The Balaban J connectivity index is 1.90. The summed E-state index contributed by atoms with van der Waals surface area (Å²) in [7, 11) is -3.58. The molecule has 1 aromatic heterocycles. The first-order valence-corrected chi connectivity index (χ1v) is 9.58. The zero-order chi connectivity index (χ0) is 18.2. The zero-order valence-electron chi connectivity index (χ0n) is 13.1. The minimum Gasteiger partial charge on any atom is -0.477 e. The van der Waals surface area contributed by atoms with Crippen molar-refractivity contribution in [2.75, 3.05) is 23.7 Å². The van der Waals surface area contributed by atoms with Crippen LogP contribution < -0.4 is 10.0 Å². The normalized spacial score (nSPS) is 17.8. The molecule has 0 radical (unpaired) electrons. The first-order chi connectivity index (χ1) is 11.7. The van der Waals surface area contributed by atoms with Gasteiger partial charge < -0.3 is 14.5 Å². The highest BCUT2D eigenvalue weighted by molar-refractivity contribution is 7.89. The summed E-state index contributed by atoms with van der Waals surface area (Å²) in [6, 6.07) is 6.55. The largest absolute Gasteiger partial charge is 0.477 e. The van der Waals surface area contributed by atoms with Crippen molar-refractivity contribution < 1.29 is 22.8 Å². The quantitative estimate of drug-likeness (QED) is 0.803. The summed E-state index contributed by atoms with van der Waals surface area (Å²) < 4.78 is 27.8. The van der Waals surface area contributed by atoms with Crippen molar-refractivity contribution in [3.63, 3.8) is 0 Å². The molecule has 1 unspecified atom stereocenters. The SMILES string of the molecule is NS(=O)(=O)CC1CCN(c2noc(-c3ccc(Cl)cc3)c2C(=O)O)C1. The van der Waals surface area contributed by atoms with E-state index in [2.05, 4.69) is 5.16 Å². The number of sulfonamides is 1. The van der Waals surface area contributed by atoms with Crippen molar-refractivity contribution in [3.8, 4) is 11.3 Å². The van der Waals surface area contributed by atoms with Gasteiger partial charge >= 0.3 is 5.97 Å². The van der Waals surface area contributed by atoms with Crippen molar-refractivity contribution in [1.29, 1.82) is 0 Å². The van der Waals surface area contributed by atoms with Crippen molar-refractivity contribution in [1.82, 2.24) is 5.16 Å². The lowest BCUT2D eigenvalue weighted by Crippen LogP contribution is -2.27. The van der Waals surface area contributed by atoms with Gasteiger partial charge in [-0.05, 0) is 36.6 Å². The predicted molar refractivity (Wildman–Crippen MR) is 92.2 cm³/mol. The molecule has 1 atom stereocenters. The van der Waals surface area contributed by atoms with Crippen LogP contribution in [-0.2, 0) is 10.0 Å². The fourth-order valence-electron chi connectivity index (χ4n) is 2.98. The maximum absolute atomic E-state index is 11.7. The lowest BCUT2D eigenvalue weighted by Gasteiger charge is -2.15. The third-order valence-corrected chi connectivity index (χ3v) is 5.24. The second-order valence-electron chi connectivity index (χ2n) is 5.95. The Labute approximate surface area is 149 Å². The van der Waals surface area contributed by atoms with E-state index in [4.69, 9.17) is 21.3 Å². The number of hydrogen-bond donors (Lipinski definition) is 2. The highest BCUT2D eigenvalue weighted by Crippen LogP contribution is 2.34. The predicted octanol–water partition coefficient (Wildman–Crippen LogP) is 1.81. The van der Waals surface area contributed by atoms with Gasteiger partial charge in [0.15, 0.2) is 17.1 Å². The third kappa shape index (κ3) is 3.94. The van der Waals surface area contributed by atoms with Gasteiger partial charge in [0.1, 0.15) is 0 Å². The van der Waals surface area contributed by atoms with E-state index < -0.39 is 16.0 Å². The molecule has 2 heterocycles. The number of aromatic nitrogens is 1. The molecule has 10 heteroatoms. The molecule has 1 aromatic carbocycles. The standard InChI is InChI=1S/C15H16ClN3O5S/c16-11-3-1-10(2-4-11)13-12(15(20)21)14(18-24-13)19-6-5-9(7-19)8-25(17,22)23/h1-4,9H,5-8H2,(H,20,21)(H2,17,22,23). The number of nitrogens with zero attached hydrogens (tertiary/aromatic N) is 2. The number of carbonyl (C=O) groups is 1. The number of aromatic carboxylic acids is 1. The van der Waals surface area contributed by atoms with Crippen LogP contribution in [0.25, 0.3) is 11.3 Å². The number of carboxylic acids is 1. The van der Waals surface area contributed by atoms with Crippen molar-refractivity contribution >= 4 is 33.4 Å². The highest BCUT2D eigenvalue weighted by atomic mass is 35.5. The van der Waals surface area contributed by atoms with Gasteiger partial charge in [0, 0.05) is 23.7 Å². The average Bonchev–Trinajstić information content (AvgIpc) is 3.12. The van der Waals surface area contributed by atoms with Gasteiger partial charge in [-0.2, -0.15) is 0 Å². The summed E-state index contributed by atoms with van der Waals surface area (Å²) in [6.45, 7) is 0.830. The number of carboxylic acid groups (broad SMARTS) is 1. The van der Waals surface area contributed by atoms with E-state index in [0.717, 1.165) is 0 Å². The van der Waals surface area contributed by atoms with E-state index >= 15 is 0 Å². The lowest BCUT2D eigenvalue weighted by molar-refractivity contribution is 0.0698. The fraction of sp³-hybridized carbons (Fsp3) is 0.333. The van der Waals surface area contributed by atoms with Crippen LogP contribution in [0.15, 0.2) is 28.8 Å². The van der Waals surface area contributed by atoms with Crippen LogP contribution >= 0.6 is 11.6 Å². The molecule has 8 nitrogen and oxygen atoms in total. The number of primary sulfonamides is 1. The molecule has 0 spiro atoms. The van der Waals surface area contributed by atoms with Gasteiger partial charge in [-0.25, -0.2) is 18.4 Å². The van der Waals surface area contributed by atoms with Crippen LogP contribution in [0.4, 0.5) is 5.82 Å². The molecule has 0 saturated carbocycles. The number of halogens is 1. The Kier molecular flexibility index (Phi) is 4.72. The van der Waals surface area contributed by atoms with Crippen molar-refractivity contribution in [2.45, 2.75) is 6.42 Å². The Morgan fingerprint density at radius 1 is 1.40 bits per heavy atom. The molecule has 1 fully saturated rings. The van der Waals surface area contributed by atoms with Gasteiger partial charge in [0.05, 0.1) is 5.75 Å². The molecule has 2 aromatic rings. The Hall–Kier alpha value is -2.10. The summed E-state index contributed by atoms with van der Waals surface area (Å²) >= 11 is 5.85. The molecule has 3 N–H and O–H groups in total. The van der Waals surface area contributed by atoms with Crippen LogP contribution in [-0.4, -0.2) is 43.5 Å². The number of benzene rings is 1. The molecular formula is C15H16ClN3O5S. The van der Waals surface area contributed by atoms with Crippen LogP contribution in [0.3, 0.4) is 0 Å². The minimum absolute atomic E-state index is 0.0569. The van der Waals surface area contributed by atoms with E-state index in [1.165, 1.54) is 0 Å². The lowest BCUT2D eigenvalue weighted by atomic mass is 10.1. The molecule has 0 aliphatic carbocycles. The minimum atomic E-state index is -3.58. The topological polar surface area (TPSA) is 127 Å². The molecule has 3 rings (SSSR count). The molecular weight excluding hydrogens is 370 g/mol. The zero-order valence-corrected chi connectivity index (χ0v) is 14.6. The Morgan fingerprint density at radius 2 is 2.08 bits per heavy atom. The van der Waals surface area contributed by atoms with E-state index in [9.17, 15) is 18.3 Å². The Bertz CT molecular complexity index is 894. The summed E-state index contributed by atoms with van der Waals surface area (Å²) in [5.74, 6) is -1.17. The maximum atomic E-state index is 11.7. The molecule has 134 valence electrons. The summed E-state index contributed by atoms with van der Waals surface area (Å²) in [4.78, 5) is 13.5. The second kappa shape index (κ2) is 6.66. The molecule has 1 aliphatic heterocycles. The molecule has 1 saturated heterocycles. The first-order valence-electron chi connectivity index (χ1n) is 7.49. The van der Waals surface area contributed by atoms with Crippen LogP contribution in [0.1, 0.15) is 16.8 Å². The van der Waals surface area contributed by atoms with Gasteiger partial charge in [0.2, 0.25) is 10.0 Å². The highest BCUT2D eigenvalue weighted by Gasteiger charge is 2.33. The van der Waals surface area contributed by atoms with Crippen molar-refractivity contribution in [3.05, 3.63) is 34.9 Å². The monoisotopic (exact) mass is 385 g/mol. The number of anilines is 1. The van der Waals surface area contributed by atoms with Gasteiger partial charge in [0.25, 0.3) is 0 Å². The van der Waals surface area contributed by atoms with E-state index in [1.807, 2.05) is 0 Å². The molecule has 0 bridgehead atoms. The van der Waals surface area contributed by atoms with Gasteiger partial charge in [-0.3, -0.25) is 0 Å². The van der Waals surface area contributed by atoms with Crippen molar-refractivity contribution in [2.24, 2.45) is 11.1 Å². The molecule has 1 aliphatic rings. The van der Waals surface area contributed by atoms with Crippen LogP contribution in [0.2, 0.25) is 5.02 Å². The van der Waals surface area contributed by atoms with Gasteiger partial charge in [-0.1, -0.05) is 16.8 Å². The second-order valence-corrected chi connectivity index (χ2v) is 8.05. The number of nitrogens with two attached hydrogens (primary N) is 1. The van der Waals surface area contributed by atoms with E-state index in [0.29, 0.717) is 30.1 Å². The summed E-state index contributed by atoms with van der Waals surface area (Å²) in [5.41, 5.74) is 0.486. The smallest absolute Gasteiger partial charge is 0.343 e.